The van der Waals surface area contributed by atoms with Gasteiger partial charge in [-0.2, -0.15) is 10.2 Å². The average molecular weight is 991 g/mol. The molecular formula is C50H66N14O8. The summed E-state index contributed by atoms with van der Waals surface area (Å²) >= 11 is 0. The van der Waals surface area contributed by atoms with Crippen LogP contribution in [0.4, 0.5) is 16.7 Å². The summed E-state index contributed by atoms with van der Waals surface area (Å²) < 4.78 is 24.4. The lowest BCUT2D eigenvalue weighted by atomic mass is 10.1. The summed E-state index contributed by atoms with van der Waals surface area (Å²) in [6.07, 6.45) is 9.87. The van der Waals surface area contributed by atoms with E-state index in [1.165, 1.54) is 13.2 Å². The lowest BCUT2D eigenvalue weighted by Gasteiger charge is -2.32. The number of carbonyl (C=O) groups is 5. The number of methoxy groups -OCH3 is 1. The number of primary amides is 2. The molecule has 7 rings (SSSR count). The van der Waals surface area contributed by atoms with Crippen molar-refractivity contribution in [3.63, 3.8) is 0 Å². The molecule has 4 aromatic heterocycles. The van der Waals surface area contributed by atoms with Crippen molar-refractivity contribution in [2.75, 3.05) is 51.0 Å². The number of nitrogens with zero attached hydrogens (tertiary/aromatic N) is 9. The van der Waals surface area contributed by atoms with E-state index in [9.17, 15) is 24.0 Å². The first-order chi connectivity index (χ1) is 34.4. The van der Waals surface area contributed by atoms with Crippen LogP contribution in [0.2, 0.25) is 0 Å². The number of likely N-dealkylation sites (tertiary alicyclic amines) is 1. The van der Waals surface area contributed by atoms with E-state index >= 15 is 0 Å². The number of imidazole rings is 2. The molecule has 0 unspecified atom stereocenters. The van der Waals surface area contributed by atoms with Gasteiger partial charge >= 0.3 is 6.09 Å². The Labute approximate surface area is 417 Å². The number of anilines is 2. The molecule has 2 aromatic carbocycles. The van der Waals surface area contributed by atoms with Gasteiger partial charge in [0, 0.05) is 70.0 Å². The number of aryl methyl sites for hydroxylation is 4. The third kappa shape index (κ3) is 13.2. The maximum Gasteiger partial charge on any atom is 0.407 e. The summed E-state index contributed by atoms with van der Waals surface area (Å²) in [4.78, 5) is 72.4. The number of hydrogen-bond donors (Lipinski definition) is 5. The van der Waals surface area contributed by atoms with Crippen LogP contribution >= 0.6 is 0 Å². The number of amides is 4. The number of hydrogen-bond acceptors (Lipinski definition) is 14. The molecule has 0 aliphatic carbocycles. The third-order valence-electron chi connectivity index (χ3n) is 11.6. The van der Waals surface area contributed by atoms with Gasteiger partial charge < -0.3 is 45.4 Å². The lowest BCUT2D eigenvalue weighted by Crippen LogP contribution is -2.46. The predicted octanol–water partition coefficient (Wildman–Crippen LogP) is 5.62. The molecule has 4 amide bonds. The standard InChI is InChI=1S/C43H56N12O7.C7H10N2O/c1-8-55-32(21-26(2)51-55)39(58)50-41-49-30-22-27(37(44)56)24-33(60-7)35(30)54(41)17-10-9-16-53-36-31(48-40(53)46-6)23-28(38(45)57)25-34(36)61-20-12-11-15-52-18-13-29(14-19-52)47-42(59)62-43(3,4)5;1-3-9-7(5-10)4-6(2)8-9/h9-12,21-25,29H,8,13-20H2,1-7H3,(H2,44,56)(H2,45,57)(H,46,48)(H,47,59)(H,49,50,58);4-5H,3H2,1-2H3/b10-9+,12-11-;. The normalized spacial score (nSPS) is 13.3. The zero-order valence-electron chi connectivity index (χ0n) is 42.4. The number of aromatic nitrogens is 8. The molecule has 0 saturated carbocycles. The zero-order chi connectivity index (χ0) is 52.3. The number of allylic oxidation sites excluding steroid dienone is 2. The van der Waals surface area contributed by atoms with Crippen molar-refractivity contribution in [2.24, 2.45) is 11.5 Å². The van der Waals surface area contributed by atoms with Crippen LogP contribution in [0.1, 0.15) is 101 Å². The molecule has 0 radical (unpaired) electrons. The third-order valence-corrected chi connectivity index (χ3v) is 11.6. The van der Waals surface area contributed by atoms with Gasteiger partial charge in [-0.15, -0.1) is 0 Å². The number of alkyl carbamates (subject to hydrolysis) is 1. The van der Waals surface area contributed by atoms with E-state index in [4.69, 9.17) is 30.7 Å². The number of aldehydes is 1. The highest BCUT2D eigenvalue weighted by atomic mass is 16.6. The van der Waals surface area contributed by atoms with Crippen molar-refractivity contribution in [1.82, 2.24) is 48.9 Å². The largest absolute Gasteiger partial charge is 0.494 e. The highest BCUT2D eigenvalue weighted by molar-refractivity contribution is 6.04. The van der Waals surface area contributed by atoms with Gasteiger partial charge in [-0.25, -0.2) is 14.8 Å². The van der Waals surface area contributed by atoms with Gasteiger partial charge in [0.05, 0.1) is 29.5 Å². The van der Waals surface area contributed by atoms with Crippen LogP contribution in [-0.4, -0.2) is 126 Å². The maximum absolute atomic E-state index is 13.6. The summed E-state index contributed by atoms with van der Waals surface area (Å²) in [6.45, 7) is 17.5. The molecule has 5 heterocycles. The van der Waals surface area contributed by atoms with Crippen molar-refractivity contribution in [3.05, 3.63) is 94.6 Å². The Morgan fingerprint density at radius 3 is 1.88 bits per heavy atom. The van der Waals surface area contributed by atoms with E-state index in [1.54, 1.807) is 51.3 Å². The number of rotatable bonds is 19. The van der Waals surface area contributed by atoms with Crippen molar-refractivity contribution in [3.8, 4) is 11.5 Å². The highest BCUT2D eigenvalue weighted by Crippen LogP contribution is 2.33. The van der Waals surface area contributed by atoms with Crippen molar-refractivity contribution in [1.29, 1.82) is 0 Å². The second kappa shape index (κ2) is 23.7. The molecule has 7 N–H and O–H groups in total. The predicted molar refractivity (Wildman–Crippen MR) is 274 cm³/mol. The van der Waals surface area contributed by atoms with E-state index < -0.39 is 29.4 Å². The second-order valence-electron chi connectivity index (χ2n) is 18.0. The van der Waals surface area contributed by atoms with Gasteiger partial charge in [-0.3, -0.25) is 38.8 Å². The zero-order valence-corrected chi connectivity index (χ0v) is 42.4. The van der Waals surface area contributed by atoms with Gasteiger partial charge in [0.25, 0.3) is 5.91 Å². The highest BCUT2D eigenvalue weighted by Gasteiger charge is 2.25. The molecule has 384 valence electrons. The Balaban J connectivity index is 0.000000755. The maximum atomic E-state index is 13.6. The molecule has 72 heavy (non-hydrogen) atoms. The van der Waals surface area contributed by atoms with Crippen LogP contribution in [0, 0.1) is 13.8 Å². The molecule has 22 heteroatoms. The number of benzene rings is 2. The summed E-state index contributed by atoms with van der Waals surface area (Å²) in [7, 11) is 3.23. The van der Waals surface area contributed by atoms with Gasteiger partial charge in [-0.1, -0.05) is 24.3 Å². The van der Waals surface area contributed by atoms with Crippen LogP contribution in [0.5, 0.6) is 11.5 Å². The monoisotopic (exact) mass is 991 g/mol. The van der Waals surface area contributed by atoms with Gasteiger partial charge in [-0.05, 0) is 97.7 Å². The first-order valence-electron chi connectivity index (χ1n) is 23.8. The van der Waals surface area contributed by atoms with Gasteiger partial charge in [0.15, 0.2) is 6.29 Å². The number of ether oxygens (including phenoxy) is 3. The summed E-state index contributed by atoms with van der Waals surface area (Å²) in [5.41, 5.74) is 16.0. The van der Waals surface area contributed by atoms with Gasteiger partial charge in [0.2, 0.25) is 23.7 Å². The molecule has 1 saturated heterocycles. The van der Waals surface area contributed by atoms with E-state index in [-0.39, 0.29) is 36.3 Å². The van der Waals surface area contributed by atoms with E-state index in [1.807, 2.05) is 77.3 Å². The minimum absolute atomic E-state index is 0.0695. The molecule has 0 spiro atoms. The van der Waals surface area contributed by atoms with Gasteiger partial charge in [0.1, 0.15) is 46.1 Å². The molecule has 1 aliphatic heterocycles. The molecular weight excluding hydrogens is 925 g/mol. The summed E-state index contributed by atoms with van der Waals surface area (Å²) in [6, 6.07) is 9.89. The van der Waals surface area contributed by atoms with Crippen LogP contribution in [0.3, 0.4) is 0 Å². The number of nitrogens with two attached hydrogens (primary N) is 2. The Morgan fingerprint density at radius 2 is 1.32 bits per heavy atom. The van der Waals surface area contributed by atoms with Crippen molar-refractivity contribution < 1.29 is 38.2 Å². The quantitative estimate of drug-likeness (QED) is 0.0487. The molecule has 6 aromatic rings. The van der Waals surface area contributed by atoms with E-state index in [0.717, 1.165) is 44.5 Å². The Hall–Kier alpha value is -8.01. The smallest absolute Gasteiger partial charge is 0.407 e. The molecule has 0 atom stereocenters. The number of nitrogens with one attached hydrogen (secondary N) is 3. The minimum Gasteiger partial charge on any atom is -0.494 e. The van der Waals surface area contributed by atoms with Crippen LogP contribution in [0.15, 0.2) is 60.7 Å². The van der Waals surface area contributed by atoms with Crippen LogP contribution in [0.25, 0.3) is 22.1 Å². The summed E-state index contributed by atoms with van der Waals surface area (Å²) in [5.74, 6) is -0.130. The van der Waals surface area contributed by atoms with E-state index in [2.05, 4.69) is 36.0 Å². The van der Waals surface area contributed by atoms with Crippen molar-refractivity contribution >= 4 is 64.1 Å². The molecule has 0 bridgehead atoms. The fourth-order valence-electron chi connectivity index (χ4n) is 8.22. The topological polar surface area (TPSA) is 276 Å². The Kier molecular flexibility index (Phi) is 17.6. The van der Waals surface area contributed by atoms with Crippen LogP contribution in [-0.2, 0) is 30.9 Å². The molecule has 22 nitrogen and oxygen atoms in total. The average Bonchev–Trinajstić information content (AvgIpc) is 4.11. The van der Waals surface area contributed by atoms with Crippen molar-refractivity contribution in [2.45, 2.75) is 99.1 Å². The van der Waals surface area contributed by atoms with Crippen LogP contribution < -0.4 is 36.9 Å². The fraction of sp³-hybridized carbons (Fsp3) is 0.420. The lowest BCUT2D eigenvalue weighted by molar-refractivity contribution is 0.0480. The first-order valence-corrected chi connectivity index (χ1v) is 23.8. The first kappa shape index (κ1) is 53.3. The fourth-order valence-corrected chi connectivity index (χ4v) is 8.22. The molecule has 1 fully saturated rings. The minimum atomic E-state index is -0.648. The Morgan fingerprint density at radius 1 is 0.764 bits per heavy atom. The summed E-state index contributed by atoms with van der Waals surface area (Å²) in [5, 5.41) is 17.5. The number of fused-ring (bicyclic) bond motifs is 2. The number of carbonyl (C=O) groups excluding carboxylic acids is 5. The SMILES string of the molecule is CCn1nc(C)cc1C(=O)Nc1nc2cc(C(N)=O)cc(OC)c2n1C/C=C/Cn1c(NC)nc2cc(C(N)=O)cc(OC/C=C\CN3CCC(NC(=O)OC(C)(C)C)CC3)c21.CCn1nc(C)cc1C=O. The second-order valence-corrected chi connectivity index (χ2v) is 18.0. The Bertz CT molecular complexity index is 2980. The number of piperidine rings is 1. The van der Waals surface area contributed by atoms with E-state index in [0.29, 0.717) is 76.2 Å². The molecule has 1 aliphatic rings.